The van der Waals surface area contributed by atoms with Crippen molar-refractivity contribution in [1.29, 1.82) is 0 Å². The van der Waals surface area contributed by atoms with Gasteiger partial charge in [0, 0.05) is 25.3 Å². The van der Waals surface area contributed by atoms with Crippen LogP contribution in [-0.2, 0) is 28.5 Å². The first-order valence-corrected chi connectivity index (χ1v) is 13.7. The molecule has 0 spiro atoms. The molecule has 0 aromatic heterocycles. The number of hydrogen-bond donors (Lipinski definition) is 2. The average molecular weight is 531 g/mol. The standard InChI is InChI=1S/C30H42O8/c1-19-9-13-35-22(15-19)6-7-23(32)25-17-26-28(37-26)24(33)16-21(31)14-20(2)18-30(4)11-5-10-29(3,38-30)12-8-27(34)36-25/h5-10,12,20,22-26,28,32-33H,11,13-18H2,1-4H3/b7-6+,12-8+/t20-,22+,23-,24?,25-,26-,28-,29-,30?/m0/s1. The monoisotopic (exact) mass is 530 g/mol. The molecule has 0 aromatic rings. The van der Waals surface area contributed by atoms with Gasteiger partial charge in [-0.3, -0.25) is 4.79 Å². The maximum atomic E-state index is 12.9. The zero-order valence-electron chi connectivity index (χ0n) is 22.9. The van der Waals surface area contributed by atoms with Crippen LogP contribution in [0.2, 0.25) is 0 Å². The molecule has 2 N–H and O–H groups in total. The molecule has 9 atom stereocenters. The van der Waals surface area contributed by atoms with Gasteiger partial charge >= 0.3 is 5.97 Å². The van der Waals surface area contributed by atoms with E-state index >= 15 is 0 Å². The fourth-order valence-corrected chi connectivity index (χ4v) is 5.85. The van der Waals surface area contributed by atoms with E-state index in [1.807, 2.05) is 45.9 Å². The molecule has 0 amide bonds. The van der Waals surface area contributed by atoms with E-state index < -0.39 is 47.7 Å². The number of esters is 1. The van der Waals surface area contributed by atoms with E-state index in [-0.39, 0.29) is 30.6 Å². The minimum atomic E-state index is -1.10. The molecular formula is C30H42O8. The molecule has 0 aromatic carbocycles. The number of carbonyl (C=O) groups excluding carboxylic acids is 2. The minimum Gasteiger partial charge on any atom is -0.456 e. The van der Waals surface area contributed by atoms with Gasteiger partial charge in [-0.2, -0.15) is 0 Å². The van der Waals surface area contributed by atoms with Gasteiger partial charge in [0.25, 0.3) is 0 Å². The normalized spacial score (nSPS) is 42.5. The van der Waals surface area contributed by atoms with Gasteiger partial charge in [-0.05, 0) is 52.0 Å². The maximum absolute atomic E-state index is 12.9. The van der Waals surface area contributed by atoms with Gasteiger partial charge in [0.1, 0.15) is 29.7 Å². The zero-order chi connectivity index (χ0) is 27.5. The van der Waals surface area contributed by atoms with Crippen molar-refractivity contribution in [2.24, 2.45) is 5.92 Å². The highest BCUT2D eigenvalue weighted by atomic mass is 16.6. The van der Waals surface area contributed by atoms with E-state index in [9.17, 15) is 19.8 Å². The van der Waals surface area contributed by atoms with Crippen LogP contribution in [0, 0.1) is 5.92 Å². The van der Waals surface area contributed by atoms with Gasteiger partial charge in [0.2, 0.25) is 0 Å². The number of hydrogen-bond acceptors (Lipinski definition) is 8. The van der Waals surface area contributed by atoms with Crippen LogP contribution in [0.15, 0.2) is 48.1 Å². The molecule has 4 aliphatic heterocycles. The van der Waals surface area contributed by atoms with Gasteiger partial charge in [-0.25, -0.2) is 4.79 Å². The Morgan fingerprint density at radius 2 is 1.95 bits per heavy atom. The summed E-state index contributed by atoms with van der Waals surface area (Å²) in [5.74, 6) is -0.565. The van der Waals surface area contributed by atoms with E-state index in [0.717, 1.165) is 6.42 Å². The summed E-state index contributed by atoms with van der Waals surface area (Å²) in [5, 5.41) is 21.6. The second-order valence-electron chi connectivity index (χ2n) is 11.9. The van der Waals surface area contributed by atoms with Crippen LogP contribution in [-0.4, -0.2) is 76.4 Å². The lowest BCUT2D eigenvalue weighted by Gasteiger charge is -2.41. The Morgan fingerprint density at radius 1 is 1.16 bits per heavy atom. The predicted octanol–water partition coefficient (Wildman–Crippen LogP) is 3.51. The fourth-order valence-electron chi connectivity index (χ4n) is 5.85. The summed E-state index contributed by atoms with van der Waals surface area (Å²) in [6.07, 6.45) is 10.9. The summed E-state index contributed by atoms with van der Waals surface area (Å²) in [4.78, 5) is 25.6. The number of ether oxygens (including phenoxy) is 4. The third-order valence-electron chi connectivity index (χ3n) is 7.71. The first-order valence-electron chi connectivity index (χ1n) is 13.7. The number of aliphatic hydroxyl groups is 2. The molecule has 0 saturated carbocycles. The van der Waals surface area contributed by atoms with Crippen molar-refractivity contribution < 1.29 is 38.7 Å². The molecule has 8 heteroatoms. The zero-order valence-corrected chi connectivity index (χ0v) is 22.9. The third kappa shape index (κ3) is 7.96. The molecule has 0 aliphatic carbocycles. The van der Waals surface area contributed by atoms with Crippen LogP contribution in [0.4, 0.5) is 0 Å². The molecule has 4 aliphatic rings. The van der Waals surface area contributed by atoms with Crippen LogP contribution >= 0.6 is 0 Å². The molecule has 8 nitrogen and oxygen atoms in total. The predicted molar refractivity (Wildman–Crippen MR) is 141 cm³/mol. The summed E-state index contributed by atoms with van der Waals surface area (Å²) in [5.41, 5.74) is -0.108. The number of ketones is 1. The Balaban J connectivity index is 1.52. The fraction of sp³-hybridized carbons (Fsp3) is 0.667. The lowest BCUT2D eigenvalue weighted by atomic mass is 9.83. The average Bonchev–Trinajstić information content (AvgIpc) is 3.59. The Labute approximate surface area is 225 Å². The van der Waals surface area contributed by atoms with E-state index in [1.54, 1.807) is 18.2 Å². The molecule has 0 radical (unpaired) electrons. The van der Waals surface area contributed by atoms with Crippen molar-refractivity contribution in [2.45, 2.75) is 114 Å². The van der Waals surface area contributed by atoms with Crippen LogP contribution in [0.3, 0.4) is 0 Å². The summed E-state index contributed by atoms with van der Waals surface area (Å²) < 4.78 is 23.5. The number of Topliss-reactive ketones (excluding diaryl/α,β-unsaturated/α-hetero) is 1. The molecule has 2 unspecified atom stereocenters. The Bertz CT molecular complexity index is 998. The Morgan fingerprint density at radius 3 is 2.71 bits per heavy atom. The second kappa shape index (κ2) is 12.0. The SMILES string of the molecule is CC1=CCO[C@H](/C=C/[C@H](O)[C@@H]2C[C@@H]3O[C@H]3C(O)CC(=O)C[C@H](C)CC3(C)CC=C[C@@](C)(/C=C/C(=O)O2)O3)C1. The Hall–Kier alpha value is -2.10. The van der Waals surface area contributed by atoms with Crippen molar-refractivity contribution in [3.05, 3.63) is 48.1 Å². The summed E-state index contributed by atoms with van der Waals surface area (Å²) >= 11 is 0. The molecule has 4 rings (SSSR count). The summed E-state index contributed by atoms with van der Waals surface area (Å²) in [7, 11) is 0. The number of cyclic esters (lactones) is 1. The van der Waals surface area contributed by atoms with E-state index in [2.05, 4.69) is 0 Å². The van der Waals surface area contributed by atoms with Gasteiger partial charge in [-0.1, -0.05) is 42.9 Å². The van der Waals surface area contributed by atoms with Crippen LogP contribution in [0.25, 0.3) is 0 Å². The number of rotatable bonds is 3. The second-order valence-corrected chi connectivity index (χ2v) is 11.9. The van der Waals surface area contributed by atoms with Crippen molar-refractivity contribution >= 4 is 11.8 Å². The van der Waals surface area contributed by atoms with Gasteiger partial charge in [0.15, 0.2) is 0 Å². The lowest BCUT2D eigenvalue weighted by molar-refractivity contribution is -0.148. The molecular weight excluding hydrogens is 488 g/mol. The van der Waals surface area contributed by atoms with Crippen molar-refractivity contribution in [3.63, 3.8) is 0 Å². The topological polar surface area (TPSA) is 115 Å². The largest absolute Gasteiger partial charge is 0.456 e. The number of fused-ring (bicyclic) bond motifs is 3. The quantitative estimate of drug-likeness (QED) is 0.324. The molecule has 210 valence electrons. The molecule has 1 saturated heterocycles. The van der Waals surface area contributed by atoms with Crippen LogP contribution < -0.4 is 0 Å². The maximum Gasteiger partial charge on any atom is 0.330 e. The molecule has 2 bridgehead atoms. The third-order valence-corrected chi connectivity index (χ3v) is 7.71. The van der Waals surface area contributed by atoms with Crippen molar-refractivity contribution in [2.75, 3.05) is 6.61 Å². The summed E-state index contributed by atoms with van der Waals surface area (Å²) in [6.45, 7) is 8.46. The van der Waals surface area contributed by atoms with Gasteiger partial charge in [-0.15, -0.1) is 0 Å². The smallest absolute Gasteiger partial charge is 0.330 e. The van der Waals surface area contributed by atoms with E-state index in [4.69, 9.17) is 18.9 Å². The van der Waals surface area contributed by atoms with E-state index in [1.165, 1.54) is 11.6 Å². The van der Waals surface area contributed by atoms with Gasteiger partial charge in [0.05, 0.1) is 30.5 Å². The number of aliphatic hydroxyl groups excluding tert-OH is 2. The highest BCUT2D eigenvalue weighted by molar-refractivity contribution is 5.82. The molecule has 38 heavy (non-hydrogen) atoms. The first kappa shape index (κ1) is 28.9. The highest BCUT2D eigenvalue weighted by Crippen LogP contribution is 2.38. The van der Waals surface area contributed by atoms with Crippen LogP contribution in [0.1, 0.15) is 66.2 Å². The summed E-state index contributed by atoms with van der Waals surface area (Å²) in [6, 6.07) is 0. The van der Waals surface area contributed by atoms with Gasteiger partial charge < -0.3 is 29.2 Å². The Kier molecular flexibility index (Phi) is 9.10. The minimum absolute atomic E-state index is 0.00104. The van der Waals surface area contributed by atoms with Crippen LogP contribution in [0.5, 0.6) is 0 Å². The lowest BCUT2D eigenvalue weighted by Crippen LogP contribution is -2.42. The highest BCUT2D eigenvalue weighted by Gasteiger charge is 2.47. The first-order chi connectivity index (χ1) is 17.9. The number of carbonyl (C=O) groups is 2. The number of epoxide rings is 1. The van der Waals surface area contributed by atoms with Crippen molar-refractivity contribution in [1.82, 2.24) is 0 Å². The van der Waals surface area contributed by atoms with E-state index in [0.29, 0.717) is 25.9 Å². The molecule has 1 fully saturated rings. The molecule has 4 heterocycles. The van der Waals surface area contributed by atoms with Crippen molar-refractivity contribution in [3.8, 4) is 0 Å².